The summed E-state index contributed by atoms with van der Waals surface area (Å²) in [5.74, 6) is -2.53. The van der Waals surface area contributed by atoms with Crippen LogP contribution in [0.1, 0.15) is 44.7 Å². The predicted molar refractivity (Wildman–Crippen MR) is 131 cm³/mol. The number of carbonyl (C=O) groups excluding carboxylic acids is 2. The van der Waals surface area contributed by atoms with Gasteiger partial charge in [-0.1, -0.05) is 12.1 Å². The molecule has 1 unspecified atom stereocenters. The summed E-state index contributed by atoms with van der Waals surface area (Å²) in [7, 11) is 0. The van der Waals surface area contributed by atoms with E-state index in [0.29, 0.717) is 5.56 Å². The van der Waals surface area contributed by atoms with E-state index < -0.39 is 29.2 Å². The molecule has 0 amide bonds. The molecule has 0 bridgehead atoms. The van der Waals surface area contributed by atoms with Gasteiger partial charge in [0, 0.05) is 10.8 Å². The fraction of sp³-hybridized carbons (Fsp3) is 0.320. The van der Waals surface area contributed by atoms with Gasteiger partial charge in [-0.25, -0.2) is 0 Å². The maximum absolute atomic E-state index is 12.3. The summed E-state index contributed by atoms with van der Waals surface area (Å²) >= 11 is 0. The number of H-pyrrole nitrogens is 2. The molecule has 1 atom stereocenters. The van der Waals surface area contributed by atoms with Gasteiger partial charge in [-0.3, -0.25) is 24.6 Å². The molecule has 2 aromatic heterocycles. The van der Waals surface area contributed by atoms with E-state index in [1.807, 2.05) is 12.1 Å². The first-order valence-electron chi connectivity index (χ1n) is 11.2. The topological polar surface area (TPSA) is 177 Å². The van der Waals surface area contributed by atoms with E-state index in [1.165, 1.54) is 6.92 Å². The molecule has 0 saturated carbocycles. The summed E-state index contributed by atoms with van der Waals surface area (Å²) in [4.78, 5) is 35.4. The Morgan fingerprint density at radius 3 is 1.89 bits per heavy atom. The van der Waals surface area contributed by atoms with Gasteiger partial charge in [0.05, 0.1) is 42.6 Å². The quantitative estimate of drug-likeness (QED) is 0.178. The number of carboxylic acid groups (broad SMARTS) is 1. The van der Waals surface area contributed by atoms with Crippen molar-refractivity contribution in [2.45, 2.75) is 39.0 Å². The van der Waals surface area contributed by atoms with Crippen LogP contribution in [0.3, 0.4) is 0 Å². The van der Waals surface area contributed by atoms with Gasteiger partial charge in [0.1, 0.15) is 0 Å². The smallest absolute Gasteiger partial charge is 0.870 e. The Labute approximate surface area is 235 Å². The first-order valence-corrected chi connectivity index (χ1v) is 11.2. The number of aromatic nitrogens is 4. The molecule has 4 rings (SSSR count). The van der Waals surface area contributed by atoms with Crippen molar-refractivity contribution < 1.29 is 64.0 Å². The van der Waals surface area contributed by atoms with Crippen LogP contribution in [-0.4, -0.2) is 62.1 Å². The molecule has 0 aliphatic carbocycles. The molecule has 12 heteroatoms. The van der Waals surface area contributed by atoms with Crippen molar-refractivity contribution in [2.75, 3.05) is 13.2 Å². The molecular formula is C25H29N4NaO7. The molecular weight excluding hydrogens is 491 g/mol. The van der Waals surface area contributed by atoms with Crippen LogP contribution < -0.4 is 29.6 Å². The van der Waals surface area contributed by atoms with Crippen LogP contribution in [0, 0.1) is 0 Å². The second-order valence-electron chi connectivity index (χ2n) is 8.01. The average molecular weight is 521 g/mol. The van der Waals surface area contributed by atoms with Gasteiger partial charge in [0.2, 0.25) is 0 Å². The minimum atomic E-state index is -1.49. The summed E-state index contributed by atoms with van der Waals surface area (Å²) in [6.45, 7) is 6.98. The maximum Gasteiger partial charge on any atom is 1.00 e. The number of esters is 2. The van der Waals surface area contributed by atoms with E-state index in [4.69, 9.17) is 14.6 Å². The van der Waals surface area contributed by atoms with E-state index in [-0.39, 0.29) is 48.2 Å². The summed E-state index contributed by atoms with van der Waals surface area (Å²) in [6, 6.07) is 10.7. The second-order valence-corrected chi connectivity index (χ2v) is 8.01. The summed E-state index contributed by atoms with van der Waals surface area (Å²) in [5, 5.41) is 24.0. The fourth-order valence-corrected chi connectivity index (χ4v) is 3.50. The van der Waals surface area contributed by atoms with Gasteiger partial charge in [-0.05, 0) is 63.1 Å². The monoisotopic (exact) mass is 520 g/mol. The standard InChI is InChI=1S/C15H18N2O4.C10H10N2O2.Na.H2O/c1-4-20-13(18)15(3,14(19)21-5-2)11-6-7-12-10(8-11)9-16-17-12;1-6(10(13)14)7-2-3-9-8(4-7)5-11-12-9;;/h6-9H,4-5H2,1-3H3,(H,16,17);2-6H,1H3,(H,11,12)(H,13,14);;1H2/q;;+1;/p-1. The molecule has 0 aliphatic heterocycles. The molecule has 2 aromatic carbocycles. The zero-order valence-electron chi connectivity index (χ0n) is 21.4. The van der Waals surface area contributed by atoms with Crippen molar-refractivity contribution in [1.29, 1.82) is 0 Å². The normalized spacial score (nSPS) is 11.4. The van der Waals surface area contributed by atoms with Crippen molar-refractivity contribution in [2.24, 2.45) is 0 Å². The third-order valence-corrected chi connectivity index (χ3v) is 5.72. The van der Waals surface area contributed by atoms with Crippen molar-refractivity contribution in [3.8, 4) is 0 Å². The van der Waals surface area contributed by atoms with Crippen molar-refractivity contribution in [1.82, 2.24) is 20.4 Å². The molecule has 0 radical (unpaired) electrons. The van der Waals surface area contributed by atoms with Crippen molar-refractivity contribution in [3.63, 3.8) is 0 Å². The first kappa shape index (κ1) is 31.8. The van der Waals surface area contributed by atoms with E-state index in [2.05, 4.69) is 20.4 Å². The Kier molecular flexibility index (Phi) is 11.9. The molecule has 0 aliphatic rings. The van der Waals surface area contributed by atoms with Crippen LogP contribution >= 0.6 is 0 Å². The number of fused-ring (bicyclic) bond motifs is 2. The molecule has 0 saturated heterocycles. The summed E-state index contributed by atoms with van der Waals surface area (Å²) in [6.07, 6.45) is 3.32. The second kappa shape index (κ2) is 13.9. The van der Waals surface area contributed by atoms with Crippen LogP contribution in [0.2, 0.25) is 0 Å². The Bertz CT molecular complexity index is 1330. The van der Waals surface area contributed by atoms with E-state index >= 15 is 0 Å². The molecule has 4 aromatic rings. The largest absolute Gasteiger partial charge is 1.00 e. The van der Waals surface area contributed by atoms with Crippen molar-refractivity contribution in [3.05, 3.63) is 59.9 Å². The van der Waals surface area contributed by atoms with Crippen molar-refractivity contribution >= 4 is 39.7 Å². The SMILES string of the molecule is CC(C(=O)O)c1ccc2[nH]ncc2c1.CCOC(=O)C(C)(C(=O)OCC)c1ccc2[nH]ncc2c1.[Na+].[OH-]. The number of carbonyl (C=O) groups is 3. The van der Waals surface area contributed by atoms with Gasteiger partial charge in [0.25, 0.3) is 0 Å². The Balaban J connectivity index is 0.000000375. The molecule has 4 N–H and O–H groups in total. The van der Waals surface area contributed by atoms with Gasteiger partial charge < -0.3 is 20.1 Å². The number of ether oxygens (including phenoxy) is 2. The molecule has 192 valence electrons. The number of hydrogen-bond acceptors (Lipinski definition) is 8. The van der Waals surface area contributed by atoms with Crippen LogP contribution in [0.5, 0.6) is 0 Å². The third-order valence-electron chi connectivity index (χ3n) is 5.72. The number of rotatable bonds is 7. The minimum absolute atomic E-state index is 0. The van der Waals surface area contributed by atoms with E-state index in [9.17, 15) is 14.4 Å². The predicted octanol–water partition coefficient (Wildman–Crippen LogP) is 0.525. The Morgan fingerprint density at radius 2 is 1.41 bits per heavy atom. The average Bonchev–Trinajstić information content (AvgIpc) is 3.51. The number of carboxylic acids is 1. The molecule has 0 fully saturated rings. The number of nitrogens with one attached hydrogen (secondary N) is 2. The summed E-state index contributed by atoms with van der Waals surface area (Å²) < 4.78 is 10.1. The van der Waals surface area contributed by atoms with Crippen LogP contribution in [0.15, 0.2) is 48.8 Å². The zero-order valence-corrected chi connectivity index (χ0v) is 23.4. The number of aromatic amines is 2. The molecule has 37 heavy (non-hydrogen) atoms. The molecule has 11 nitrogen and oxygen atoms in total. The number of hydrogen-bond donors (Lipinski definition) is 3. The first-order chi connectivity index (χ1) is 16.7. The third kappa shape index (κ3) is 6.95. The maximum atomic E-state index is 12.3. The van der Waals surface area contributed by atoms with E-state index in [0.717, 1.165) is 27.4 Å². The molecule has 0 spiro atoms. The Hall–Kier alpha value is -3.25. The van der Waals surface area contributed by atoms with Gasteiger partial charge in [0.15, 0.2) is 5.41 Å². The number of nitrogens with zero attached hydrogens (tertiary/aromatic N) is 2. The van der Waals surface area contributed by atoms with Crippen LogP contribution in [0.25, 0.3) is 21.8 Å². The number of benzene rings is 2. The fourth-order valence-electron chi connectivity index (χ4n) is 3.50. The van der Waals surface area contributed by atoms with Gasteiger partial charge in [-0.15, -0.1) is 0 Å². The van der Waals surface area contributed by atoms with E-state index in [1.54, 1.807) is 57.4 Å². The van der Waals surface area contributed by atoms with Gasteiger partial charge in [-0.2, -0.15) is 10.2 Å². The van der Waals surface area contributed by atoms with Crippen LogP contribution in [-0.2, 0) is 29.3 Å². The zero-order chi connectivity index (χ0) is 25.6. The molecule has 2 heterocycles. The minimum Gasteiger partial charge on any atom is -0.870 e. The van der Waals surface area contributed by atoms with Gasteiger partial charge >= 0.3 is 47.5 Å². The number of aliphatic carboxylic acids is 1. The van der Waals surface area contributed by atoms with Crippen LogP contribution in [0.4, 0.5) is 0 Å². The summed E-state index contributed by atoms with van der Waals surface area (Å²) in [5.41, 5.74) is 1.58. The Morgan fingerprint density at radius 1 is 0.919 bits per heavy atom.